The maximum Gasteiger partial charge on any atom is 0.130 e. The van der Waals surface area contributed by atoms with Gasteiger partial charge in [0.1, 0.15) is 25.3 Å². The maximum absolute atomic E-state index is 6.67. The van der Waals surface area contributed by atoms with Crippen LogP contribution in [-0.4, -0.2) is 115 Å². The van der Waals surface area contributed by atoms with E-state index in [0.717, 1.165) is 61.7 Å². The lowest BCUT2D eigenvalue weighted by atomic mass is 10.1. The first-order chi connectivity index (χ1) is 39.2. The first-order valence-electron chi connectivity index (χ1n) is 37.2. The molecular weight excluding hydrogens is 981 g/mol. The van der Waals surface area contributed by atoms with Crippen LogP contribution in [0.5, 0.6) is 0 Å². The summed E-state index contributed by atoms with van der Waals surface area (Å²) in [6.45, 7) is 18.9. The normalized spacial score (nSPS) is 13.1. The number of rotatable bonds is 71. The average Bonchev–Trinajstić information content (AvgIpc) is 3.44. The molecule has 0 saturated carbocycles. The Morgan fingerprint density at radius 2 is 0.388 bits per heavy atom. The molecule has 0 aromatic carbocycles. The highest BCUT2D eigenvalue weighted by Crippen LogP contribution is 2.19. The molecule has 0 aliphatic heterocycles. The highest BCUT2D eigenvalue weighted by atomic mass is 16.5. The van der Waals surface area contributed by atoms with Crippen molar-refractivity contribution >= 4 is 0 Å². The average molecular weight is 1140 g/mol. The molecule has 0 aromatic heterocycles. The molecule has 2 atom stereocenters. The summed E-state index contributed by atoms with van der Waals surface area (Å²) in [5, 5.41) is 0. The van der Waals surface area contributed by atoms with Crippen molar-refractivity contribution < 1.29 is 27.9 Å². The topological polar surface area (TPSA) is 36.9 Å². The predicted molar refractivity (Wildman–Crippen MR) is 357 cm³/mol. The molecule has 482 valence electrons. The minimum absolute atomic E-state index is 0.196. The van der Waals surface area contributed by atoms with E-state index in [9.17, 15) is 0 Å². The molecular formula is C74H154N2O4+2. The van der Waals surface area contributed by atoms with Crippen LogP contribution in [-0.2, 0) is 18.9 Å². The molecule has 0 heterocycles. The molecule has 0 aliphatic rings. The van der Waals surface area contributed by atoms with E-state index in [0.29, 0.717) is 0 Å². The fourth-order valence-electron chi connectivity index (χ4n) is 12.3. The molecule has 6 heteroatoms. The monoisotopic (exact) mass is 1140 g/mol. The Balaban J connectivity index is 4.74. The third-order valence-corrected chi connectivity index (χ3v) is 17.8. The van der Waals surface area contributed by atoms with Crippen molar-refractivity contribution in [3.63, 3.8) is 0 Å². The second kappa shape index (κ2) is 64.8. The van der Waals surface area contributed by atoms with E-state index in [1.54, 1.807) is 0 Å². The Morgan fingerprint density at radius 1 is 0.212 bits per heavy atom. The summed E-state index contributed by atoms with van der Waals surface area (Å²) in [6.07, 6.45) is 74.9. The van der Waals surface area contributed by atoms with E-state index in [1.807, 2.05) is 0 Å². The van der Waals surface area contributed by atoms with Gasteiger partial charge in [0.15, 0.2) is 0 Å². The summed E-state index contributed by atoms with van der Waals surface area (Å²) in [5.41, 5.74) is 0. The van der Waals surface area contributed by atoms with E-state index < -0.39 is 0 Å². The Morgan fingerprint density at radius 3 is 0.600 bits per heavy atom. The minimum Gasteiger partial charge on any atom is -0.379 e. The van der Waals surface area contributed by atoms with Crippen molar-refractivity contribution in [1.29, 1.82) is 0 Å². The lowest BCUT2D eigenvalue weighted by Gasteiger charge is -2.34. The summed E-state index contributed by atoms with van der Waals surface area (Å²) in [6, 6.07) is 0. The van der Waals surface area contributed by atoms with Crippen molar-refractivity contribution in [2.75, 3.05) is 94.0 Å². The lowest BCUT2D eigenvalue weighted by molar-refractivity contribution is -0.893. The van der Waals surface area contributed by atoms with Gasteiger partial charge in [-0.05, 0) is 51.4 Å². The van der Waals surface area contributed by atoms with Gasteiger partial charge in [-0.3, -0.25) is 0 Å². The zero-order chi connectivity index (χ0) is 58.2. The van der Waals surface area contributed by atoms with Crippen molar-refractivity contribution in [3.05, 3.63) is 0 Å². The van der Waals surface area contributed by atoms with Crippen LogP contribution in [0.1, 0.15) is 374 Å². The largest absolute Gasteiger partial charge is 0.379 e. The maximum atomic E-state index is 6.67. The SMILES string of the molecule is CCCCCCCCCCCCCCOCC(C[N+](C)(C)CCCCCCCC[N+](C)(C)CC(COCCCCCCCCCCCCCC)OCCCCCCCCCCCCCC)OCCCCCCCCCCCCCC. The van der Waals surface area contributed by atoms with E-state index in [-0.39, 0.29) is 12.2 Å². The van der Waals surface area contributed by atoms with Gasteiger partial charge < -0.3 is 27.9 Å². The number of likely N-dealkylation sites (N-methyl/N-ethyl adjacent to an activating group) is 2. The first kappa shape index (κ1) is 79.8. The number of hydrogen-bond donors (Lipinski definition) is 0. The minimum atomic E-state index is 0.196. The molecule has 0 radical (unpaired) electrons. The first-order valence-corrected chi connectivity index (χ1v) is 37.2. The van der Waals surface area contributed by atoms with E-state index in [1.165, 1.54) is 360 Å². The van der Waals surface area contributed by atoms with Gasteiger partial charge in [-0.15, -0.1) is 0 Å². The van der Waals surface area contributed by atoms with Crippen LogP contribution in [0.25, 0.3) is 0 Å². The van der Waals surface area contributed by atoms with Crippen LogP contribution < -0.4 is 0 Å². The highest BCUT2D eigenvalue weighted by Gasteiger charge is 2.24. The van der Waals surface area contributed by atoms with Crippen molar-refractivity contribution in [2.45, 2.75) is 387 Å². The third-order valence-electron chi connectivity index (χ3n) is 17.8. The van der Waals surface area contributed by atoms with Crippen LogP contribution in [0.4, 0.5) is 0 Å². The zero-order valence-corrected chi connectivity index (χ0v) is 56.9. The Bertz CT molecular complexity index is 1050. The summed E-state index contributed by atoms with van der Waals surface area (Å²) >= 11 is 0. The number of quaternary nitrogens is 2. The van der Waals surface area contributed by atoms with Crippen molar-refractivity contribution in [1.82, 2.24) is 0 Å². The number of unbranched alkanes of at least 4 members (excludes halogenated alkanes) is 49. The number of hydrogen-bond acceptors (Lipinski definition) is 4. The summed E-state index contributed by atoms with van der Waals surface area (Å²) in [4.78, 5) is 0. The summed E-state index contributed by atoms with van der Waals surface area (Å²) in [5.74, 6) is 0. The smallest absolute Gasteiger partial charge is 0.130 e. The fraction of sp³-hybridized carbons (Fsp3) is 1.00. The lowest BCUT2D eigenvalue weighted by Crippen LogP contribution is -2.48. The van der Waals surface area contributed by atoms with Crippen LogP contribution >= 0.6 is 0 Å². The Hall–Kier alpha value is -0.240. The molecule has 0 saturated heterocycles. The quantitative estimate of drug-likeness (QED) is 0.0449. The van der Waals surface area contributed by atoms with Crippen molar-refractivity contribution in [3.8, 4) is 0 Å². The van der Waals surface area contributed by atoms with E-state index in [4.69, 9.17) is 18.9 Å². The molecule has 0 amide bonds. The Kier molecular flexibility index (Phi) is 64.6. The van der Waals surface area contributed by atoms with Gasteiger partial charge in [0.25, 0.3) is 0 Å². The molecule has 0 fully saturated rings. The third kappa shape index (κ3) is 63.8. The molecule has 2 unspecified atom stereocenters. The van der Waals surface area contributed by atoms with E-state index >= 15 is 0 Å². The van der Waals surface area contributed by atoms with Gasteiger partial charge in [0.05, 0.1) is 54.5 Å². The fourth-order valence-corrected chi connectivity index (χ4v) is 12.3. The summed E-state index contributed by atoms with van der Waals surface area (Å²) < 4.78 is 28.2. The van der Waals surface area contributed by atoms with Gasteiger partial charge in [-0.1, -0.05) is 323 Å². The molecule has 80 heavy (non-hydrogen) atoms. The van der Waals surface area contributed by atoms with Gasteiger partial charge >= 0.3 is 0 Å². The highest BCUT2D eigenvalue weighted by molar-refractivity contribution is 4.61. The molecule has 6 nitrogen and oxygen atoms in total. The van der Waals surface area contributed by atoms with Crippen LogP contribution in [0.3, 0.4) is 0 Å². The van der Waals surface area contributed by atoms with Gasteiger partial charge in [-0.2, -0.15) is 0 Å². The second-order valence-electron chi connectivity index (χ2n) is 27.5. The molecule has 0 aliphatic carbocycles. The van der Waals surface area contributed by atoms with E-state index in [2.05, 4.69) is 55.9 Å². The number of nitrogens with zero attached hydrogens (tertiary/aromatic N) is 2. The molecule has 0 spiro atoms. The summed E-state index contributed by atoms with van der Waals surface area (Å²) in [7, 11) is 9.74. The molecule has 0 bridgehead atoms. The molecule has 0 aromatic rings. The molecule has 0 N–H and O–H groups in total. The molecule has 0 rings (SSSR count). The van der Waals surface area contributed by atoms with Gasteiger partial charge in [0, 0.05) is 26.4 Å². The van der Waals surface area contributed by atoms with Gasteiger partial charge in [-0.25, -0.2) is 0 Å². The Labute approximate surface area is 506 Å². The zero-order valence-electron chi connectivity index (χ0n) is 56.9. The van der Waals surface area contributed by atoms with Gasteiger partial charge in [0.2, 0.25) is 0 Å². The van der Waals surface area contributed by atoms with Crippen molar-refractivity contribution in [2.24, 2.45) is 0 Å². The van der Waals surface area contributed by atoms with Crippen LogP contribution in [0.2, 0.25) is 0 Å². The van der Waals surface area contributed by atoms with Crippen LogP contribution in [0.15, 0.2) is 0 Å². The second-order valence-corrected chi connectivity index (χ2v) is 27.5. The van der Waals surface area contributed by atoms with Crippen LogP contribution in [0, 0.1) is 0 Å². The number of ether oxygens (including phenoxy) is 4. The predicted octanol–water partition coefficient (Wildman–Crippen LogP) is 23.1. The standard InChI is InChI=1S/C74H154N2O4/c1-9-13-17-21-25-29-33-37-41-47-53-59-65-77-71-73(79-67-61-55-49-43-39-35-31-27-23-19-15-11-3)69-75(5,6)63-57-51-45-46-52-58-64-76(7,8)70-74(80-68-62-56-50-44-40-36-32-28-24-20-16-12-4)72-78-66-60-54-48-42-38-34-30-26-22-18-14-10-2/h73-74H,9-72H2,1-8H3/q+2.